The van der Waals surface area contributed by atoms with Gasteiger partial charge in [-0.25, -0.2) is 0 Å². The lowest BCUT2D eigenvalue weighted by atomic mass is 9.91. The molecule has 3 aromatic rings. The minimum atomic E-state index is 0.0123. The van der Waals surface area contributed by atoms with Gasteiger partial charge in [-0.2, -0.15) is 0 Å². The first kappa shape index (κ1) is 19.1. The molecule has 0 radical (unpaired) electrons. The number of carbonyl (C=O) groups is 1. The monoisotopic (exact) mass is 387 g/mol. The molecule has 1 fully saturated rings. The number of nitrogens with zero attached hydrogens (tertiary/aromatic N) is 3. The fraction of sp³-hybridized carbons (Fsp3) is 0.292. The van der Waals surface area contributed by atoms with Crippen molar-refractivity contribution in [3.63, 3.8) is 0 Å². The second kappa shape index (κ2) is 8.43. The largest absolute Gasteiger partial charge is 0.497 e. The number of rotatable bonds is 4. The molecule has 29 heavy (non-hydrogen) atoms. The van der Waals surface area contributed by atoms with E-state index in [2.05, 4.69) is 23.2 Å². The number of aryl methyl sites for hydroxylation is 1. The highest BCUT2D eigenvalue weighted by Gasteiger charge is 2.26. The molecule has 2 aromatic heterocycles. The number of hydrogen-bond donors (Lipinski definition) is 0. The molecule has 1 aliphatic rings. The number of ether oxygens (including phenoxy) is 1. The van der Waals surface area contributed by atoms with Crippen molar-refractivity contribution in [2.45, 2.75) is 25.7 Å². The van der Waals surface area contributed by atoms with E-state index in [1.165, 1.54) is 0 Å². The predicted molar refractivity (Wildman–Crippen MR) is 113 cm³/mol. The third kappa shape index (κ3) is 4.29. The molecule has 5 nitrogen and oxygen atoms in total. The third-order valence-corrected chi connectivity index (χ3v) is 5.46. The van der Waals surface area contributed by atoms with Gasteiger partial charge in [0.1, 0.15) is 11.4 Å². The minimum absolute atomic E-state index is 0.0123. The van der Waals surface area contributed by atoms with E-state index in [1.807, 2.05) is 42.2 Å². The number of amides is 1. The Labute approximate surface area is 171 Å². The van der Waals surface area contributed by atoms with Crippen molar-refractivity contribution in [2.24, 2.45) is 0 Å². The number of methoxy groups -OCH3 is 1. The van der Waals surface area contributed by atoms with Gasteiger partial charge in [-0.05, 0) is 67.3 Å². The standard InChI is InChI=1S/C24H25N3O2/c1-17-14-20(19-6-5-7-21(15-19)29-2)16-23(26-17)18-9-12-27(13-10-18)24(28)22-8-3-4-11-25-22/h3-8,11,14-16,18H,9-10,12-13H2,1-2H3. The molecule has 1 aliphatic heterocycles. The van der Waals surface area contributed by atoms with Crippen LogP contribution in [0.15, 0.2) is 60.8 Å². The molecule has 148 valence electrons. The van der Waals surface area contributed by atoms with Crippen molar-refractivity contribution in [3.8, 4) is 16.9 Å². The lowest BCUT2D eigenvalue weighted by Crippen LogP contribution is -2.38. The Morgan fingerprint density at radius 1 is 1.03 bits per heavy atom. The van der Waals surface area contributed by atoms with Crippen LogP contribution in [0, 0.1) is 6.92 Å². The molecule has 0 aliphatic carbocycles. The molecule has 0 spiro atoms. The topological polar surface area (TPSA) is 55.3 Å². The maximum Gasteiger partial charge on any atom is 0.272 e. The summed E-state index contributed by atoms with van der Waals surface area (Å²) in [6, 6.07) is 17.8. The van der Waals surface area contributed by atoms with Crippen LogP contribution < -0.4 is 4.74 Å². The molecule has 0 saturated carbocycles. The molecule has 1 aromatic carbocycles. The van der Waals surface area contributed by atoms with E-state index in [0.29, 0.717) is 11.6 Å². The number of benzene rings is 1. The van der Waals surface area contributed by atoms with Crippen molar-refractivity contribution in [1.82, 2.24) is 14.9 Å². The Bertz CT molecular complexity index is 996. The van der Waals surface area contributed by atoms with Crippen LogP contribution in [-0.2, 0) is 0 Å². The molecule has 0 bridgehead atoms. The van der Waals surface area contributed by atoms with Crippen LogP contribution in [0.2, 0.25) is 0 Å². The summed E-state index contributed by atoms with van der Waals surface area (Å²) >= 11 is 0. The first-order valence-corrected chi connectivity index (χ1v) is 9.97. The number of hydrogen-bond acceptors (Lipinski definition) is 4. The summed E-state index contributed by atoms with van der Waals surface area (Å²) in [5.41, 5.74) is 4.90. The van der Waals surface area contributed by atoms with Gasteiger partial charge < -0.3 is 9.64 Å². The van der Waals surface area contributed by atoms with Gasteiger partial charge in [0.15, 0.2) is 0 Å². The van der Waals surface area contributed by atoms with Crippen LogP contribution in [0.1, 0.15) is 40.6 Å². The van der Waals surface area contributed by atoms with Crippen LogP contribution in [0.3, 0.4) is 0 Å². The van der Waals surface area contributed by atoms with Crippen molar-refractivity contribution in [2.75, 3.05) is 20.2 Å². The van der Waals surface area contributed by atoms with E-state index in [4.69, 9.17) is 9.72 Å². The lowest BCUT2D eigenvalue weighted by molar-refractivity contribution is 0.0706. The minimum Gasteiger partial charge on any atom is -0.497 e. The van der Waals surface area contributed by atoms with Crippen LogP contribution in [-0.4, -0.2) is 41.0 Å². The van der Waals surface area contributed by atoms with E-state index in [1.54, 1.807) is 19.4 Å². The lowest BCUT2D eigenvalue weighted by Gasteiger charge is -2.31. The highest BCUT2D eigenvalue weighted by atomic mass is 16.5. The van der Waals surface area contributed by atoms with Gasteiger partial charge in [-0.1, -0.05) is 18.2 Å². The van der Waals surface area contributed by atoms with Gasteiger partial charge in [-0.15, -0.1) is 0 Å². The summed E-state index contributed by atoms with van der Waals surface area (Å²) in [4.78, 5) is 23.5. The van der Waals surface area contributed by atoms with Gasteiger partial charge in [-0.3, -0.25) is 14.8 Å². The molecular weight excluding hydrogens is 362 g/mol. The molecule has 4 rings (SSSR count). The summed E-state index contributed by atoms with van der Waals surface area (Å²) in [5, 5.41) is 0. The SMILES string of the molecule is COc1cccc(-c2cc(C)nc(C3CCN(C(=O)c4ccccn4)CC3)c2)c1. The predicted octanol–water partition coefficient (Wildman–Crippen LogP) is 4.48. The van der Waals surface area contributed by atoms with Gasteiger partial charge in [0, 0.05) is 36.6 Å². The maximum absolute atomic E-state index is 12.6. The summed E-state index contributed by atoms with van der Waals surface area (Å²) in [6.07, 6.45) is 3.48. The first-order chi connectivity index (χ1) is 14.1. The average molecular weight is 387 g/mol. The van der Waals surface area contributed by atoms with Gasteiger partial charge in [0.2, 0.25) is 0 Å². The second-order valence-corrected chi connectivity index (χ2v) is 7.44. The zero-order valence-electron chi connectivity index (χ0n) is 16.8. The van der Waals surface area contributed by atoms with Crippen LogP contribution in [0.5, 0.6) is 5.75 Å². The summed E-state index contributed by atoms with van der Waals surface area (Å²) in [5.74, 6) is 1.21. The van der Waals surface area contributed by atoms with E-state index in [0.717, 1.165) is 54.2 Å². The van der Waals surface area contributed by atoms with Crippen LogP contribution >= 0.6 is 0 Å². The number of carbonyl (C=O) groups excluding carboxylic acids is 1. The third-order valence-electron chi connectivity index (χ3n) is 5.46. The van der Waals surface area contributed by atoms with Crippen molar-refractivity contribution >= 4 is 5.91 Å². The maximum atomic E-state index is 12.6. The molecule has 0 N–H and O–H groups in total. The number of likely N-dealkylation sites (tertiary alicyclic amines) is 1. The van der Waals surface area contributed by atoms with E-state index < -0.39 is 0 Å². The molecular formula is C24H25N3O2. The Morgan fingerprint density at radius 3 is 2.59 bits per heavy atom. The van der Waals surface area contributed by atoms with Gasteiger partial charge in [0.05, 0.1) is 7.11 Å². The zero-order valence-corrected chi connectivity index (χ0v) is 16.8. The van der Waals surface area contributed by atoms with Crippen molar-refractivity contribution in [1.29, 1.82) is 0 Å². The first-order valence-electron chi connectivity index (χ1n) is 9.97. The highest BCUT2D eigenvalue weighted by Crippen LogP contribution is 2.31. The summed E-state index contributed by atoms with van der Waals surface area (Å²) < 4.78 is 5.37. The molecule has 3 heterocycles. The fourth-order valence-corrected chi connectivity index (χ4v) is 3.90. The fourth-order valence-electron chi connectivity index (χ4n) is 3.90. The number of piperidine rings is 1. The van der Waals surface area contributed by atoms with E-state index >= 15 is 0 Å². The Balaban J connectivity index is 1.50. The normalized spacial score (nSPS) is 14.6. The molecule has 0 unspecified atom stereocenters. The quantitative estimate of drug-likeness (QED) is 0.662. The van der Waals surface area contributed by atoms with Gasteiger partial charge >= 0.3 is 0 Å². The van der Waals surface area contributed by atoms with Gasteiger partial charge in [0.25, 0.3) is 5.91 Å². The number of pyridine rings is 2. The van der Waals surface area contributed by atoms with Crippen LogP contribution in [0.25, 0.3) is 11.1 Å². The number of aromatic nitrogens is 2. The van der Waals surface area contributed by atoms with E-state index in [-0.39, 0.29) is 5.91 Å². The molecule has 1 amide bonds. The van der Waals surface area contributed by atoms with E-state index in [9.17, 15) is 4.79 Å². The average Bonchev–Trinajstić information content (AvgIpc) is 2.79. The second-order valence-electron chi connectivity index (χ2n) is 7.44. The summed E-state index contributed by atoms with van der Waals surface area (Å²) in [7, 11) is 1.68. The Hall–Kier alpha value is -3.21. The Morgan fingerprint density at radius 2 is 1.86 bits per heavy atom. The molecule has 5 heteroatoms. The smallest absolute Gasteiger partial charge is 0.272 e. The molecule has 1 saturated heterocycles. The van der Waals surface area contributed by atoms with Crippen molar-refractivity contribution < 1.29 is 9.53 Å². The van der Waals surface area contributed by atoms with Crippen LogP contribution in [0.4, 0.5) is 0 Å². The highest BCUT2D eigenvalue weighted by molar-refractivity contribution is 5.92. The molecule has 0 atom stereocenters. The van der Waals surface area contributed by atoms with Crippen molar-refractivity contribution in [3.05, 3.63) is 77.9 Å². The Kier molecular flexibility index (Phi) is 5.56. The summed E-state index contributed by atoms with van der Waals surface area (Å²) in [6.45, 7) is 3.49. The zero-order chi connectivity index (χ0) is 20.2.